The third-order valence-corrected chi connectivity index (χ3v) is 3.38. The number of aliphatic hydroxyl groups excluding tert-OH is 1. The molecule has 1 aliphatic carbocycles. The molecule has 0 aromatic carbocycles. The maximum absolute atomic E-state index is 11.0. The second-order valence-electron chi connectivity index (χ2n) is 4.94. The van der Waals surface area contributed by atoms with Gasteiger partial charge in [0.1, 0.15) is 6.61 Å². The smallest absolute Gasteiger partial charge is 0.332 e. The number of carbonyl (C=O) groups excluding carboxylic acids is 1. The fourth-order valence-corrected chi connectivity index (χ4v) is 1.91. The molecule has 0 bridgehead atoms. The summed E-state index contributed by atoms with van der Waals surface area (Å²) in [5, 5.41) is 12.9. The molecule has 5 heteroatoms. The molecule has 0 aromatic rings. The van der Waals surface area contributed by atoms with Crippen LogP contribution in [0.4, 0.5) is 0 Å². The number of ether oxygens (including phenoxy) is 2. The third-order valence-electron chi connectivity index (χ3n) is 3.38. The summed E-state index contributed by atoms with van der Waals surface area (Å²) in [5.74, 6) is -0.327. The second kappa shape index (κ2) is 6.33. The van der Waals surface area contributed by atoms with E-state index >= 15 is 0 Å². The van der Waals surface area contributed by atoms with Crippen molar-refractivity contribution in [3.63, 3.8) is 0 Å². The summed E-state index contributed by atoms with van der Waals surface area (Å²) in [6.45, 7) is 7.39. The lowest BCUT2D eigenvalue weighted by molar-refractivity contribution is -0.148. The quantitative estimate of drug-likeness (QED) is 0.499. The Morgan fingerprint density at radius 3 is 2.76 bits per heavy atom. The number of hydrogen-bond donors (Lipinski definition) is 2. The zero-order valence-corrected chi connectivity index (χ0v) is 10.9. The zero-order chi connectivity index (χ0) is 12.9. The predicted octanol–water partition coefficient (Wildman–Crippen LogP) is 0.315. The molecule has 0 amide bonds. The Hall–Kier alpha value is -0.650. The van der Waals surface area contributed by atoms with Crippen LogP contribution in [0.2, 0.25) is 0 Å². The van der Waals surface area contributed by atoms with Crippen molar-refractivity contribution < 1.29 is 19.4 Å². The summed E-state index contributed by atoms with van der Waals surface area (Å²) in [5.41, 5.74) is -0.0683. The van der Waals surface area contributed by atoms with Crippen LogP contribution in [0.15, 0.2) is 0 Å². The summed E-state index contributed by atoms with van der Waals surface area (Å²) in [6, 6.07) is 0.323. The summed E-state index contributed by atoms with van der Waals surface area (Å²) in [6.07, 6.45) is 0.561. The minimum Gasteiger partial charge on any atom is -0.464 e. The molecule has 1 aliphatic rings. The van der Waals surface area contributed by atoms with E-state index in [1.807, 2.05) is 13.8 Å². The summed E-state index contributed by atoms with van der Waals surface area (Å²) < 4.78 is 9.89. The van der Waals surface area contributed by atoms with Gasteiger partial charge in [0.25, 0.3) is 0 Å². The molecule has 1 saturated carbocycles. The molecule has 1 fully saturated rings. The standard InChI is InChI=1S/C12H23NO4/c1-4-17-11(15)8-16-6-5-13-9-7-10(14)12(9,2)3/h9-10,13-14H,4-8H2,1-3H3. The van der Waals surface area contributed by atoms with E-state index in [0.29, 0.717) is 25.8 Å². The zero-order valence-electron chi connectivity index (χ0n) is 10.9. The van der Waals surface area contributed by atoms with Crippen LogP contribution >= 0.6 is 0 Å². The maximum Gasteiger partial charge on any atom is 0.332 e. The molecule has 17 heavy (non-hydrogen) atoms. The minimum absolute atomic E-state index is 0.00616. The van der Waals surface area contributed by atoms with Crippen LogP contribution in [0.1, 0.15) is 27.2 Å². The van der Waals surface area contributed by atoms with E-state index < -0.39 is 0 Å². The van der Waals surface area contributed by atoms with Crippen molar-refractivity contribution in [2.75, 3.05) is 26.4 Å². The van der Waals surface area contributed by atoms with Gasteiger partial charge in [0.05, 0.1) is 19.3 Å². The maximum atomic E-state index is 11.0. The van der Waals surface area contributed by atoms with Crippen molar-refractivity contribution in [2.24, 2.45) is 5.41 Å². The first-order chi connectivity index (χ1) is 7.98. The van der Waals surface area contributed by atoms with Gasteiger partial charge < -0.3 is 19.9 Å². The molecule has 2 N–H and O–H groups in total. The Labute approximate surface area is 102 Å². The molecule has 100 valence electrons. The SMILES string of the molecule is CCOC(=O)COCCNC1CC(O)C1(C)C. The van der Waals surface area contributed by atoms with E-state index in [1.165, 1.54) is 0 Å². The first-order valence-corrected chi connectivity index (χ1v) is 6.13. The van der Waals surface area contributed by atoms with Crippen LogP contribution in [0.3, 0.4) is 0 Å². The highest BCUT2D eigenvalue weighted by atomic mass is 16.6. The molecule has 1 rings (SSSR count). The molecule has 0 aromatic heterocycles. The van der Waals surface area contributed by atoms with E-state index in [0.717, 1.165) is 6.42 Å². The topological polar surface area (TPSA) is 67.8 Å². The number of rotatable bonds is 7. The minimum atomic E-state index is -0.327. The molecular formula is C12H23NO4. The molecule has 0 saturated heterocycles. The lowest BCUT2D eigenvalue weighted by atomic mass is 9.64. The monoisotopic (exact) mass is 245 g/mol. The van der Waals surface area contributed by atoms with Crippen molar-refractivity contribution in [3.05, 3.63) is 0 Å². The molecule has 5 nitrogen and oxygen atoms in total. The van der Waals surface area contributed by atoms with Gasteiger partial charge in [-0.3, -0.25) is 0 Å². The third kappa shape index (κ3) is 3.94. The van der Waals surface area contributed by atoms with Gasteiger partial charge in [-0.1, -0.05) is 13.8 Å². The van der Waals surface area contributed by atoms with E-state index in [-0.39, 0.29) is 24.1 Å². The fourth-order valence-electron chi connectivity index (χ4n) is 1.91. The van der Waals surface area contributed by atoms with Crippen molar-refractivity contribution in [1.82, 2.24) is 5.32 Å². The highest BCUT2D eigenvalue weighted by Crippen LogP contribution is 2.40. The van der Waals surface area contributed by atoms with Gasteiger partial charge in [-0.15, -0.1) is 0 Å². The van der Waals surface area contributed by atoms with Crippen LogP contribution in [0.5, 0.6) is 0 Å². The summed E-state index contributed by atoms with van der Waals surface area (Å²) >= 11 is 0. The molecule has 0 heterocycles. The largest absolute Gasteiger partial charge is 0.464 e. The fraction of sp³-hybridized carbons (Fsp3) is 0.917. The average molecular weight is 245 g/mol. The molecule has 0 radical (unpaired) electrons. The number of aliphatic hydroxyl groups is 1. The number of carbonyl (C=O) groups is 1. The molecule has 2 unspecified atom stereocenters. The lowest BCUT2D eigenvalue weighted by Crippen LogP contribution is -2.60. The van der Waals surface area contributed by atoms with Crippen LogP contribution in [-0.4, -0.2) is 49.6 Å². The first-order valence-electron chi connectivity index (χ1n) is 6.13. The molecule has 2 atom stereocenters. The number of hydrogen-bond acceptors (Lipinski definition) is 5. The highest BCUT2D eigenvalue weighted by Gasteiger charge is 2.46. The van der Waals surface area contributed by atoms with E-state index in [1.54, 1.807) is 6.92 Å². The van der Waals surface area contributed by atoms with Gasteiger partial charge in [0.2, 0.25) is 0 Å². The Morgan fingerprint density at radius 1 is 1.53 bits per heavy atom. The number of nitrogens with one attached hydrogen (secondary N) is 1. The molecular weight excluding hydrogens is 222 g/mol. The molecule has 0 aliphatic heterocycles. The van der Waals surface area contributed by atoms with Crippen LogP contribution < -0.4 is 5.32 Å². The van der Waals surface area contributed by atoms with Crippen LogP contribution in [0, 0.1) is 5.41 Å². The highest BCUT2D eigenvalue weighted by molar-refractivity contribution is 5.70. The first kappa shape index (κ1) is 14.4. The van der Waals surface area contributed by atoms with E-state index in [4.69, 9.17) is 9.47 Å². The summed E-state index contributed by atoms with van der Waals surface area (Å²) in [7, 11) is 0. The Kier molecular flexibility index (Phi) is 5.36. The normalized spacial score (nSPS) is 26.4. The van der Waals surface area contributed by atoms with Gasteiger partial charge in [0, 0.05) is 18.0 Å². The Balaban J connectivity index is 2.00. The van der Waals surface area contributed by atoms with Crippen molar-refractivity contribution in [3.8, 4) is 0 Å². The lowest BCUT2D eigenvalue weighted by Gasteiger charge is -2.49. The second-order valence-corrected chi connectivity index (χ2v) is 4.94. The Morgan fingerprint density at radius 2 is 2.24 bits per heavy atom. The van der Waals surface area contributed by atoms with Crippen LogP contribution in [0.25, 0.3) is 0 Å². The van der Waals surface area contributed by atoms with Gasteiger partial charge in [-0.05, 0) is 13.3 Å². The Bertz CT molecular complexity index is 255. The predicted molar refractivity (Wildman–Crippen MR) is 63.6 cm³/mol. The van der Waals surface area contributed by atoms with Gasteiger partial charge >= 0.3 is 5.97 Å². The van der Waals surface area contributed by atoms with E-state index in [2.05, 4.69) is 5.32 Å². The van der Waals surface area contributed by atoms with Gasteiger partial charge in [-0.2, -0.15) is 0 Å². The average Bonchev–Trinajstić information content (AvgIpc) is 2.27. The van der Waals surface area contributed by atoms with Crippen molar-refractivity contribution >= 4 is 5.97 Å². The van der Waals surface area contributed by atoms with Crippen LogP contribution in [-0.2, 0) is 14.3 Å². The van der Waals surface area contributed by atoms with Gasteiger partial charge in [0.15, 0.2) is 0 Å². The molecule has 0 spiro atoms. The van der Waals surface area contributed by atoms with Crippen molar-refractivity contribution in [2.45, 2.75) is 39.3 Å². The van der Waals surface area contributed by atoms with Gasteiger partial charge in [-0.25, -0.2) is 4.79 Å². The van der Waals surface area contributed by atoms with E-state index in [9.17, 15) is 9.90 Å². The number of esters is 1. The van der Waals surface area contributed by atoms with Crippen molar-refractivity contribution in [1.29, 1.82) is 0 Å². The summed E-state index contributed by atoms with van der Waals surface area (Å²) in [4.78, 5) is 11.0.